The van der Waals surface area contributed by atoms with Gasteiger partial charge in [0.15, 0.2) is 0 Å². The van der Waals surface area contributed by atoms with Crippen LogP contribution in [-0.4, -0.2) is 11.1 Å². The SMILES string of the molecule is Cc1c(Br)c2cc(C(C)CN)cc3c2n1CCC3. The first-order valence-corrected chi connectivity index (χ1v) is 7.44. The Morgan fingerprint density at radius 3 is 2.94 bits per heavy atom. The molecule has 2 aromatic rings. The minimum absolute atomic E-state index is 0.433. The molecule has 1 aromatic carbocycles. The fourth-order valence-electron chi connectivity index (χ4n) is 3.00. The summed E-state index contributed by atoms with van der Waals surface area (Å²) in [5.41, 5.74) is 11.5. The first-order valence-electron chi connectivity index (χ1n) is 6.64. The van der Waals surface area contributed by atoms with Crippen molar-refractivity contribution in [1.82, 2.24) is 4.57 Å². The average molecular weight is 307 g/mol. The molecule has 0 saturated heterocycles. The van der Waals surface area contributed by atoms with Crippen LogP contribution in [0.15, 0.2) is 16.6 Å². The van der Waals surface area contributed by atoms with Crippen molar-refractivity contribution >= 4 is 26.8 Å². The third-order valence-corrected chi connectivity index (χ3v) is 5.19. The van der Waals surface area contributed by atoms with E-state index in [-0.39, 0.29) is 0 Å². The average Bonchev–Trinajstić information content (AvgIpc) is 2.65. The van der Waals surface area contributed by atoms with E-state index in [0.29, 0.717) is 12.5 Å². The number of aryl methyl sites for hydroxylation is 2. The molecule has 1 aliphatic rings. The standard InChI is InChI=1S/C15H19BrN2/c1-9(8-17)12-6-11-4-3-5-18-10(2)14(16)13(7-12)15(11)18/h6-7,9H,3-5,8,17H2,1-2H3. The molecule has 1 atom stereocenters. The second-order valence-corrected chi connectivity index (χ2v) is 6.16. The molecule has 2 N–H and O–H groups in total. The van der Waals surface area contributed by atoms with Crippen LogP contribution in [0.1, 0.15) is 36.1 Å². The van der Waals surface area contributed by atoms with Gasteiger partial charge in [0, 0.05) is 22.1 Å². The maximum Gasteiger partial charge on any atom is 0.0526 e. The number of benzene rings is 1. The monoisotopic (exact) mass is 306 g/mol. The van der Waals surface area contributed by atoms with E-state index in [1.165, 1.54) is 45.0 Å². The van der Waals surface area contributed by atoms with Crippen LogP contribution >= 0.6 is 15.9 Å². The van der Waals surface area contributed by atoms with Crippen molar-refractivity contribution in [2.24, 2.45) is 5.73 Å². The minimum atomic E-state index is 0.433. The first kappa shape index (κ1) is 12.2. The zero-order chi connectivity index (χ0) is 12.9. The van der Waals surface area contributed by atoms with Gasteiger partial charge in [-0.05, 0) is 65.4 Å². The quantitative estimate of drug-likeness (QED) is 0.900. The zero-order valence-electron chi connectivity index (χ0n) is 11.0. The van der Waals surface area contributed by atoms with Crippen LogP contribution in [-0.2, 0) is 13.0 Å². The highest BCUT2D eigenvalue weighted by Crippen LogP contribution is 2.37. The molecule has 2 heterocycles. The van der Waals surface area contributed by atoms with Gasteiger partial charge >= 0.3 is 0 Å². The van der Waals surface area contributed by atoms with Crippen molar-refractivity contribution in [3.63, 3.8) is 0 Å². The van der Waals surface area contributed by atoms with E-state index >= 15 is 0 Å². The van der Waals surface area contributed by atoms with Crippen LogP contribution in [0.3, 0.4) is 0 Å². The van der Waals surface area contributed by atoms with E-state index in [9.17, 15) is 0 Å². The second-order valence-electron chi connectivity index (χ2n) is 5.37. The van der Waals surface area contributed by atoms with E-state index in [0.717, 1.165) is 6.54 Å². The highest BCUT2D eigenvalue weighted by Gasteiger charge is 2.20. The molecular weight excluding hydrogens is 288 g/mol. The lowest BCUT2D eigenvalue weighted by atomic mass is 9.94. The molecular formula is C15H19BrN2. The van der Waals surface area contributed by atoms with Crippen LogP contribution in [0.4, 0.5) is 0 Å². The van der Waals surface area contributed by atoms with Gasteiger partial charge < -0.3 is 10.3 Å². The highest BCUT2D eigenvalue weighted by atomic mass is 79.9. The lowest BCUT2D eigenvalue weighted by Gasteiger charge is -2.19. The zero-order valence-corrected chi connectivity index (χ0v) is 12.5. The minimum Gasteiger partial charge on any atom is -0.343 e. The van der Waals surface area contributed by atoms with Crippen molar-refractivity contribution in [3.05, 3.63) is 33.4 Å². The summed E-state index contributed by atoms with van der Waals surface area (Å²) < 4.78 is 3.71. The van der Waals surface area contributed by atoms with Crippen molar-refractivity contribution in [1.29, 1.82) is 0 Å². The van der Waals surface area contributed by atoms with Gasteiger partial charge in [0.25, 0.3) is 0 Å². The highest BCUT2D eigenvalue weighted by molar-refractivity contribution is 9.10. The van der Waals surface area contributed by atoms with E-state index < -0.39 is 0 Å². The van der Waals surface area contributed by atoms with Crippen LogP contribution < -0.4 is 5.73 Å². The molecule has 0 bridgehead atoms. The molecule has 1 aliphatic heterocycles. The van der Waals surface area contributed by atoms with Crippen LogP contribution in [0.25, 0.3) is 10.9 Å². The first-order chi connectivity index (χ1) is 8.63. The van der Waals surface area contributed by atoms with E-state index in [1.54, 1.807) is 0 Å². The molecule has 0 amide bonds. The van der Waals surface area contributed by atoms with Crippen molar-refractivity contribution in [2.75, 3.05) is 6.54 Å². The lowest BCUT2D eigenvalue weighted by Crippen LogP contribution is -2.12. The Bertz CT molecular complexity index is 613. The van der Waals surface area contributed by atoms with Gasteiger partial charge in [-0.15, -0.1) is 0 Å². The summed E-state index contributed by atoms with van der Waals surface area (Å²) in [6.07, 6.45) is 2.43. The topological polar surface area (TPSA) is 30.9 Å². The number of nitrogens with two attached hydrogens (primary N) is 1. The molecule has 1 aromatic heterocycles. The Morgan fingerprint density at radius 1 is 1.44 bits per heavy atom. The predicted molar refractivity (Wildman–Crippen MR) is 80.2 cm³/mol. The molecule has 3 heteroatoms. The number of aromatic nitrogens is 1. The molecule has 0 fully saturated rings. The van der Waals surface area contributed by atoms with Crippen LogP contribution in [0.5, 0.6) is 0 Å². The Hall–Kier alpha value is -0.800. The Balaban J connectivity index is 2.33. The van der Waals surface area contributed by atoms with Gasteiger partial charge in [0.05, 0.1) is 5.52 Å². The number of rotatable bonds is 2. The Morgan fingerprint density at radius 2 is 2.22 bits per heavy atom. The summed E-state index contributed by atoms with van der Waals surface area (Å²) in [6, 6.07) is 4.68. The molecule has 18 heavy (non-hydrogen) atoms. The van der Waals surface area contributed by atoms with E-state index in [4.69, 9.17) is 5.73 Å². The second kappa shape index (κ2) is 4.39. The van der Waals surface area contributed by atoms with Crippen molar-refractivity contribution in [2.45, 2.75) is 39.2 Å². The van der Waals surface area contributed by atoms with E-state index in [2.05, 4.69) is 46.5 Å². The maximum absolute atomic E-state index is 5.81. The third-order valence-electron chi connectivity index (χ3n) is 4.19. The van der Waals surface area contributed by atoms with Crippen LogP contribution in [0.2, 0.25) is 0 Å². The predicted octanol–water partition coefficient (Wildman–Crippen LogP) is 3.72. The smallest absolute Gasteiger partial charge is 0.0526 e. The van der Waals surface area contributed by atoms with Crippen LogP contribution in [0, 0.1) is 6.92 Å². The van der Waals surface area contributed by atoms with Gasteiger partial charge in [0.2, 0.25) is 0 Å². The summed E-state index contributed by atoms with van der Waals surface area (Å²) in [5.74, 6) is 0.433. The van der Waals surface area contributed by atoms with Gasteiger partial charge in [-0.3, -0.25) is 0 Å². The number of halogens is 1. The number of nitrogens with zero attached hydrogens (tertiary/aromatic N) is 1. The molecule has 2 nitrogen and oxygen atoms in total. The van der Waals surface area contributed by atoms with Gasteiger partial charge in [-0.25, -0.2) is 0 Å². The van der Waals surface area contributed by atoms with Gasteiger partial charge in [-0.1, -0.05) is 13.0 Å². The lowest BCUT2D eigenvalue weighted by molar-refractivity contribution is 0.621. The van der Waals surface area contributed by atoms with Crippen molar-refractivity contribution in [3.8, 4) is 0 Å². The van der Waals surface area contributed by atoms with Gasteiger partial charge in [0.1, 0.15) is 0 Å². The fourth-order valence-corrected chi connectivity index (χ4v) is 3.52. The maximum atomic E-state index is 5.81. The molecule has 0 saturated carbocycles. The normalized spacial score (nSPS) is 16.2. The summed E-state index contributed by atoms with van der Waals surface area (Å²) in [4.78, 5) is 0. The van der Waals surface area contributed by atoms with Crippen molar-refractivity contribution < 1.29 is 0 Å². The molecule has 1 unspecified atom stereocenters. The molecule has 0 radical (unpaired) electrons. The third kappa shape index (κ3) is 1.64. The van der Waals surface area contributed by atoms with Gasteiger partial charge in [-0.2, -0.15) is 0 Å². The Kier molecular flexibility index (Phi) is 2.99. The largest absolute Gasteiger partial charge is 0.343 e. The number of hydrogen-bond acceptors (Lipinski definition) is 1. The summed E-state index contributed by atoms with van der Waals surface area (Å²) in [6.45, 7) is 6.26. The summed E-state index contributed by atoms with van der Waals surface area (Å²) in [7, 11) is 0. The van der Waals surface area contributed by atoms with E-state index in [1.807, 2.05) is 0 Å². The Labute approximate surface area is 116 Å². The molecule has 3 rings (SSSR count). The fraction of sp³-hybridized carbons (Fsp3) is 0.467. The molecule has 96 valence electrons. The summed E-state index contributed by atoms with van der Waals surface area (Å²) in [5, 5.41) is 1.36. The molecule has 0 aliphatic carbocycles. The molecule has 0 spiro atoms. The number of hydrogen-bond donors (Lipinski definition) is 1. The summed E-state index contributed by atoms with van der Waals surface area (Å²) >= 11 is 3.76.